The molecule has 1 atom stereocenters. The van der Waals surface area contributed by atoms with E-state index in [-0.39, 0.29) is 0 Å². The summed E-state index contributed by atoms with van der Waals surface area (Å²) in [6.45, 7) is 4.40. The summed E-state index contributed by atoms with van der Waals surface area (Å²) in [5, 5.41) is 4.53. The van der Waals surface area contributed by atoms with Crippen molar-refractivity contribution in [3.8, 4) is 0 Å². The van der Waals surface area contributed by atoms with Crippen LogP contribution in [0.3, 0.4) is 0 Å². The smallest absolute Gasteiger partial charge is 0.185 e. The first kappa shape index (κ1) is 9.93. The number of anilines is 1. The van der Waals surface area contributed by atoms with E-state index in [4.69, 9.17) is 0 Å². The monoisotopic (exact) mass is 211 g/mol. The van der Waals surface area contributed by atoms with Crippen molar-refractivity contribution in [1.82, 2.24) is 10.3 Å². The molecular formula is C10H17N3S. The summed E-state index contributed by atoms with van der Waals surface area (Å²) in [6, 6.07) is 0. The summed E-state index contributed by atoms with van der Waals surface area (Å²) in [5.41, 5.74) is 1.22. The first-order valence-corrected chi connectivity index (χ1v) is 5.85. The van der Waals surface area contributed by atoms with Crippen LogP contribution in [-0.4, -0.2) is 32.2 Å². The van der Waals surface area contributed by atoms with Crippen LogP contribution in [-0.2, 0) is 0 Å². The highest BCUT2D eigenvalue weighted by Gasteiger charge is 2.22. The Labute approximate surface area is 89.1 Å². The summed E-state index contributed by atoms with van der Waals surface area (Å²) < 4.78 is 0. The Balaban J connectivity index is 2.24. The minimum Gasteiger partial charge on any atom is -0.354 e. The largest absolute Gasteiger partial charge is 0.354 e. The first-order valence-electron chi connectivity index (χ1n) is 5.04. The van der Waals surface area contributed by atoms with E-state index in [1.807, 2.05) is 11.3 Å². The van der Waals surface area contributed by atoms with Gasteiger partial charge in [0.1, 0.15) is 0 Å². The molecule has 3 nitrogen and oxygen atoms in total. The Morgan fingerprint density at radius 2 is 2.29 bits per heavy atom. The van der Waals surface area contributed by atoms with Gasteiger partial charge in [-0.1, -0.05) is 0 Å². The zero-order chi connectivity index (χ0) is 10.1. The molecule has 14 heavy (non-hydrogen) atoms. The van der Waals surface area contributed by atoms with Crippen molar-refractivity contribution in [2.45, 2.75) is 19.3 Å². The van der Waals surface area contributed by atoms with E-state index in [0.717, 1.165) is 18.2 Å². The standard InChI is InChI=1S/C10H17N3S/c1-7-9(8-4-5-11-6-8)14-10(12-7)13(2)3/h8,11H,4-6H2,1-3H3. The van der Waals surface area contributed by atoms with Crippen LogP contribution in [0.25, 0.3) is 0 Å². The molecule has 0 bridgehead atoms. The maximum atomic E-state index is 4.57. The molecule has 1 aromatic heterocycles. The van der Waals surface area contributed by atoms with Crippen LogP contribution in [0, 0.1) is 6.92 Å². The van der Waals surface area contributed by atoms with Crippen molar-refractivity contribution >= 4 is 16.5 Å². The number of thiazole rings is 1. The molecule has 0 saturated carbocycles. The van der Waals surface area contributed by atoms with Gasteiger partial charge < -0.3 is 10.2 Å². The van der Waals surface area contributed by atoms with Gasteiger partial charge in [0.15, 0.2) is 5.13 Å². The average molecular weight is 211 g/mol. The van der Waals surface area contributed by atoms with Crippen molar-refractivity contribution in [2.24, 2.45) is 0 Å². The number of aryl methyl sites for hydroxylation is 1. The second kappa shape index (κ2) is 3.87. The molecule has 1 aromatic rings. The Hall–Kier alpha value is -0.610. The Morgan fingerprint density at radius 3 is 2.79 bits per heavy atom. The highest BCUT2D eigenvalue weighted by Crippen LogP contribution is 2.33. The molecule has 2 heterocycles. The molecule has 1 aliphatic rings. The number of hydrogen-bond donors (Lipinski definition) is 1. The van der Waals surface area contributed by atoms with Crippen molar-refractivity contribution in [3.63, 3.8) is 0 Å². The lowest BCUT2D eigenvalue weighted by atomic mass is 10.1. The molecular weight excluding hydrogens is 194 g/mol. The van der Waals surface area contributed by atoms with Gasteiger partial charge in [-0.2, -0.15) is 0 Å². The normalized spacial score (nSPS) is 21.5. The van der Waals surface area contributed by atoms with Gasteiger partial charge in [-0.15, -0.1) is 11.3 Å². The number of nitrogens with zero attached hydrogens (tertiary/aromatic N) is 2. The fourth-order valence-corrected chi connectivity index (χ4v) is 2.97. The summed E-state index contributed by atoms with van der Waals surface area (Å²) in [4.78, 5) is 8.13. The van der Waals surface area contributed by atoms with Gasteiger partial charge in [0, 0.05) is 31.4 Å². The lowest BCUT2D eigenvalue weighted by Gasteiger charge is -2.06. The second-order valence-electron chi connectivity index (χ2n) is 4.03. The Bertz CT molecular complexity index is 313. The van der Waals surface area contributed by atoms with E-state index in [1.165, 1.54) is 17.0 Å². The van der Waals surface area contributed by atoms with Gasteiger partial charge in [0.05, 0.1) is 5.69 Å². The highest BCUT2D eigenvalue weighted by molar-refractivity contribution is 7.15. The summed E-state index contributed by atoms with van der Waals surface area (Å²) in [6.07, 6.45) is 1.26. The van der Waals surface area contributed by atoms with Gasteiger partial charge in [0.25, 0.3) is 0 Å². The van der Waals surface area contributed by atoms with Crippen molar-refractivity contribution in [3.05, 3.63) is 10.6 Å². The molecule has 1 aliphatic heterocycles. The topological polar surface area (TPSA) is 28.2 Å². The maximum Gasteiger partial charge on any atom is 0.185 e. The van der Waals surface area contributed by atoms with Gasteiger partial charge in [-0.25, -0.2) is 4.98 Å². The number of hydrogen-bond acceptors (Lipinski definition) is 4. The van der Waals surface area contributed by atoms with Crippen molar-refractivity contribution < 1.29 is 0 Å². The minimum atomic E-state index is 0.696. The molecule has 1 fully saturated rings. The predicted octanol–water partition coefficient (Wildman–Crippen LogP) is 1.59. The summed E-state index contributed by atoms with van der Waals surface area (Å²) in [7, 11) is 4.10. The zero-order valence-electron chi connectivity index (χ0n) is 9.00. The quantitative estimate of drug-likeness (QED) is 0.805. The summed E-state index contributed by atoms with van der Waals surface area (Å²) >= 11 is 1.84. The molecule has 0 spiro atoms. The zero-order valence-corrected chi connectivity index (χ0v) is 9.82. The first-order chi connectivity index (χ1) is 6.68. The molecule has 78 valence electrons. The van der Waals surface area contributed by atoms with Crippen LogP contribution in [0.1, 0.15) is 22.9 Å². The lowest BCUT2D eigenvalue weighted by molar-refractivity contribution is 0.770. The molecule has 0 amide bonds. The third-order valence-corrected chi connectivity index (χ3v) is 4.12. The number of aromatic nitrogens is 1. The number of nitrogens with one attached hydrogen (secondary N) is 1. The minimum absolute atomic E-state index is 0.696. The molecule has 2 rings (SSSR count). The molecule has 0 radical (unpaired) electrons. The van der Waals surface area contributed by atoms with Crippen molar-refractivity contribution in [2.75, 3.05) is 32.1 Å². The van der Waals surface area contributed by atoms with Crippen LogP contribution >= 0.6 is 11.3 Å². The van der Waals surface area contributed by atoms with E-state index >= 15 is 0 Å². The lowest BCUT2D eigenvalue weighted by Crippen LogP contribution is -2.07. The second-order valence-corrected chi connectivity index (χ2v) is 5.04. The van der Waals surface area contributed by atoms with Crippen LogP contribution in [0.2, 0.25) is 0 Å². The summed E-state index contributed by atoms with van der Waals surface area (Å²) in [5.74, 6) is 0.696. The van der Waals surface area contributed by atoms with E-state index in [9.17, 15) is 0 Å². The van der Waals surface area contributed by atoms with Crippen LogP contribution in [0.5, 0.6) is 0 Å². The van der Waals surface area contributed by atoms with Gasteiger partial charge in [-0.3, -0.25) is 0 Å². The fraction of sp³-hybridized carbons (Fsp3) is 0.700. The number of rotatable bonds is 2. The third-order valence-electron chi connectivity index (χ3n) is 2.63. The van der Waals surface area contributed by atoms with Crippen LogP contribution in [0.4, 0.5) is 5.13 Å². The van der Waals surface area contributed by atoms with E-state index in [0.29, 0.717) is 5.92 Å². The van der Waals surface area contributed by atoms with E-state index < -0.39 is 0 Å². The van der Waals surface area contributed by atoms with E-state index in [1.54, 1.807) is 0 Å². The molecule has 0 aliphatic carbocycles. The third kappa shape index (κ3) is 1.77. The Morgan fingerprint density at radius 1 is 1.50 bits per heavy atom. The highest BCUT2D eigenvalue weighted by atomic mass is 32.1. The molecule has 4 heteroatoms. The Kier molecular flexibility index (Phi) is 2.74. The average Bonchev–Trinajstić information content (AvgIpc) is 2.71. The molecule has 0 aromatic carbocycles. The van der Waals surface area contributed by atoms with Crippen LogP contribution in [0.15, 0.2) is 0 Å². The van der Waals surface area contributed by atoms with Crippen LogP contribution < -0.4 is 10.2 Å². The van der Waals surface area contributed by atoms with Gasteiger partial charge >= 0.3 is 0 Å². The van der Waals surface area contributed by atoms with Crippen molar-refractivity contribution in [1.29, 1.82) is 0 Å². The SMILES string of the molecule is Cc1nc(N(C)C)sc1C1CCNC1. The fourth-order valence-electron chi connectivity index (χ4n) is 1.84. The van der Waals surface area contributed by atoms with Gasteiger partial charge in [0.2, 0.25) is 0 Å². The predicted molar refractivity (Wildman–Crippen MR) is 61.4 cm³/mol. The maximum absolute atomic E-state index is 4.57. The molecule has 1 unspecified atom stereocenters. The molecule has 1 N–H and O–H groups in total. The van der Waals surface area contributed by atoms with Gasteiger partial charge in [-0.05, 0) is 19.9 Å². The van der Waals surface area contributed by atoms with E-state index in [2.05, 4.69) is 36.2 Å². The molecule has 1 saturated heterocycles.